The maximum atomic E-state index is 4.36. The second kappa shape index (κ2) is 3.21. The lowest BCUT2D eigenvalue weighted by Gasteiger charge is -2.10. The first kappa shape index (κ1) is 8.68. The van der Waals surface area contributed by atoms with Crippen molar-refractivity contribution in [2.45, 2.75) is 6.54 Å². The lowest BCUT2D eigenvalue weighted by molar-refractivity contribution is 0.745. The van der Waals surface area contributed by atoms with Gasteiger partial charge >= 0.3 is 0 Å². The molecule has 0 saturated carbocycles. The first-order chi connectivity index (χ1) is 7.36. The summed E-state index contributed by atoms with van der Waals surface area (Å²) >= 11 is 0. The monoisotopic (exact) mass is 198 g/mol. The minimum atomic E-state index is 0.901. The van der Waals surface area contributed by atoms with Crippen LogP contribution < -0.4 is 5.32 Å². The zero-order chi connectivity index (χ0) is 10.3. The zero-order valence-corrected chi connectivity index (χ0v) is 8.57. The van der Waals surface area contributed by atoms with Crippen LogP contribution in [0, 0.1) is 6.04 Å². The Morgan fingerprint density at radius 1 is 1.33 bits per heavy atom. The van der Waals surface area contributed by atoms with Crippen molar-refractivity contribution >= 4 is 0 Å². The molecule has 1 radical (unpaired) electrons. The number of rotatable bonds is 1. The van der Waals surface area contributed by atoms with Gasteiger partial charge in [0.05, 0.1) is 0 Å². The highest BCUT2D eigenvalue weighted by Crippen LogP contribution is 2.28. The third-order valence-corrected chi connectivity index (χ3v) is 2.79. The molecule has 1 aromatic heterocycles. The Balaban J connectivity index is 2.08. The lowest BCUT2D eigenvalue weighted by atomic mass is 10.0. The van der Waals surface area contributed by atoms with Crippen LogP contribution in [0.1, 0.15) is 17.0 Å². The van der Waals surface area contributed by atoms with Crippen LogP contribution in [0.25, 0.3) is 0 Å². The molecule has 15 heavy (non-hydrogen) atoms. The Kier molecular flexibility index (Phi) is 1.86. The topological polar surface area (TPSA) is 29.9 Å². The number of hydrogen-bond donors (Lipinski definition) is 1. The maximum Gasteiger partial charge on any atom is 0.136 e. The summed E-state index contributed by atoms with van der Waals surface area (Å²) in [5.41, 5.74) is 2.61. The van der Waals surface area contributed by atoms with Gasteiger partial charge in [0.1, 0.15) is 11.9 Å². The summed E-state index contributed by atoms with van der Waals surface area (Å²) in [6, 6.07) is 9.56. The van der Waals surface area contributed by atoms with E-state index in [2.05, 4.69) is 34.6 Å². The maximum absolute atomic E-state index is 4.36. The van der Waals surface area contributed by atoms with Gasteiger partial charge in [-0.05, 0) is 11.1 Å². The van der Waals surface area contributed by atoms with E-state index in [4.69, 9.17) is 0 Å². The second-order valence-corrected chi connectivity index (χ2v) is 3.75. The fourth-order valence-corrected chi connectivity index (χ4v) is 2.00. The number of aromatic nitrogens is 2. The Morgan fingerprint density at radius 3 is 3.00 bits per heavy atom. The zero-order valence-electron chi connectivity index (χ0n) is 8.57. The SMILES string of the molecule is Cn1ccnc1[C]1NCc2ccccc21. The number of fused-ring (bicyclic) bond motifs is 1. The molecule has 1 aliphatic rings. The summed E-state index contributed by atoms with van der Waals surface area (Å²) in [5, 5.41) is 3.40. The van der Waals surface area contributed by atoms with Crippen molar-refractivity contribution in [1.82, 2.24) is 14.9 Å². The molecule has 0 unspecified atom stereocenters. The second-order valence-electron chi connectivity index (χ2n) is 3.75. The van der Waals surface area contributed by atoms with E-state index in [-0.39, 0.29) is 0 Å². The number of imidazole rings is 1. The van der Waals surface area contributed by atoms with E-state index < -0.39 is 0 Å². The van der Waals surface area contributed by atoms with Crippen LogP contribution in [-0.4, -0.2) is 9.55 Å². The van der Waals surface area contributed by atoms with Crippen LogP contribution in [0.2, 0.25) is 0 Å². The van der Waals surface area contributed by atoms with Crippen LogP contribution in [0.15, 0.2) is 36.7 Å². The fourth-order valence-electron chi connectivity index (χ4n) is 2.00. The molecule has 0 saturated heterocycles. The van der Waals surface area contributed by atoms with Crippen molar-refractivity contribution < 1.29 is 0 Å². The average molecular weight is 198 g/mol. The minimum absolute atomic E-state index is 0.901. The van der Waals surface area contributed by atoms with Crippen molar-refractivity contribution in [3.05, 3.63) is 59.7 Å². The Hall–Kier alpha value is -1.61. The van der Waals surface area contributed by atoms with Gasteiger partial charge in [-0.2, -0.15) is 0 Å². The van der Waals surface area contributed by atoms with Gasteiger partial charge in [-0.3, -0.25) is 5.32 Å². The van der Waals surface area contributed by atoms with Crippen molar-refractivity contribution in [3.8, 4) is 0 Å². The van der Waals surface area contributed by atoms with Crippen molar-refractivity contribution in [2.75, 3.05) is 0 Å². The molecule has 0 atom stereocenters. The first-order valence-electron chi connectivity index (χ1n) is 5.03. The van der Waals surface area contributed by atoms with Gasteiger partial charge in [-0.1, -0.05) is 24.3 Å². The number of nitrogens with one attached hydrogen (secondary N) is 1. The third-order valence-electron chi connectivity index (χ3n) is 2.79. The van der Waals surface area contributed by atoms with Gasteiger partial charge < -0.3 is 4.57 Å². The highest BCUT2D eigenvalue weighted by molar-refractivity contribution is 5.48. The molecule has 2 aromatic rings. The standard InChI is InChI=1S/C12H12N3/c1-15-7-6-13-12(15)11-10-5-3-2-4-9(10)8-14-11/h2-7,14H,8H2,1H3. The van der Waals surface area contributed by atoms with Gasteiger partial charge in [-0.15, -0.1) is 0 Å². The molecule has 1 N–H and O–H groups in total. The quantitative estimate of drug-likeness (QED) is 0.751. The minimum Gasteiger partial charge on any atom is -0.336 e. The molecule has 2 heterocycles. The first-order valence-corrected chi connectivity index (χ1v) is 5.03. The van der Waals surface area contributed by atoms with Crippen molar-refractivity contribution in [2.24, 2.45) is 7.05 Å². The smallest absolute Gasteiger partial charge is 0.136 e. The van der Waals surface area contributed by atoms with E-state index in [9.17, 15) is 0 Å². The Morgan fingerprint density at radius 2 is 2.20 bits per heavy atom. The summed E-state index contributed by atoms with van der Waals surface area (Å²) in [4.78, 5) is 4.36. The number of nitrogens with zero attached hydrogens (tertiary/aromatic N) is 2. The molecule has 0 fully saturated rings. The van der Waals surface area contributed by atoms with E-state index in [1.807, 2.05) is 24.0 Å². The predicted octanol–water partition coefficient (Wildman–Crippen LogP) is 1.45. The van der Waals surface area contributed by atoms with Crippen LogP contribution in [0.3, 0.4) is 0 Å². The molecule has 75 valence electrons. The van der Waals surface area contributed by atoms with E-state index in [1.165, 1.54) is 11.1 Å². The molecular formula is C12H12N3. The van der Waals surface area contributed by atoms with Gasteiger partial charge in [-0.25, -0.2) is 4.98 Å². The fraction of sp³-hybridized carbons (Fsp3) is 0.167. The lowest BCUT2D eigenvalue weighted by Crippen LogP contribution is -2.18. The van der Waals surface area contributed by atoms with Crippen LogP contribution in [0.4, 0.5) is 0 Å². The van der Waals surface area contributed by atoms with Gasteiger partial charge in [0.25, 0.3) is 0 Å². The molecule has 0 bridgehead atoms. The summed E-state index contributed by atoms with van der Waals surface area (Å²) in [6.45, 7) is 0.901. The third kappa shape index (κ3) is 1.27. The van der Waals surface area contributed by atoms with Crippen molar-refractivity contribution in [3.63, 3.8) is 0 Å². The Bertz CT molecular complexity index is 487. The summed E-state index contributed by atoms with van der Waals surface area (Å²) in [6.07, 6.45) is 3.79. The highest BCUT2D eigenvalue weighted by atomic mass is 15.1. The molecular weight excluding hydrogens is 186 g/mol. The van der Waals surface area contributed by atoms with Gasteiger partial charge in [0.2, 0.25) is 0 Å². The summed E-state index contributed by atoms with van der Waals surface area (Å²) in [5.74, 6) is 1.000. The number of benzene rings is 1. The van der Waals surface area contributed by atoms with Crippen LogP contribution >= 0.6 is 0 Å². The Labute approximate surface area is 88.8 Å². The largest absolute Gasteiger partial charge is 0.336 e. The number of hydrogen-bond acceptors (Lipinski definition) is 2. The average Bonchev–Trinajstić information content (AvgIpc) is 2.83. The van der Waals surface area contributed by atoms with E-state index >= 15 is 0 Å². The molecule has 3 rings (SSSR count). The van der Waals surface area contributed by atoms with E-state index in [0.29, 0.717) is 0 Å². The normalized spacial score (nSPS) is 15.5. The number of aryl methyl sites for hydroxylation is 1. The molecule has 1 aromatic carbocycles. The predicted molar refractivity (Wildman–Crippen MR) is 57.9 cm³/mol. The van der Waals surface area contributed by atoms with Crippen LogP contribution in [-0.2, 0) is 13.6 Å². The van der Waals surface area contributed by atoms with Crippen LogP contribution in [0.5, 0.6) is 0 Å². The molecule has 1 aliphatic heterocycles. The molecule has 3 nitrogen and oxygen atoms in total. The molecule has 0 amide bonds. The molecule has 0 aliphatic carbocycles. The van der Waals surface area contributed by atoms with E-state index in [0.717, 1.165) is 18.4 Å². The molecule has 0 spiro atoms. The van der Waals surface area contributed by atoms with E-state index in [1.54, 1.807) is 0 Å². The highest BCUT2D eigenvalue weighted by Gasteiger charge is 2.26. The van der Waals surface area contributed by atoms with Crippen molar-refractivity contribution in [1.29, 1.82) is 0 Å². The molecule has 3 heteroatoms. The van der Waals surface area contributed by atoms with Gasteiger partial charge in [0, 0.05) is 26.0 Å². The summed E-state index contributed by atoms with van der Waals surface area (Å²) < 4.78 is 2.03. The van der Waals surface area contributed by atoms with Gasteiger partial charge in [0.15, 0.2) is 0 Å². The summed E-state index contributed by atoms with van der Waals surface area (Å²) in [7, 11) is 2.01.